The Balaban J connectivity index is 0.00000169. The van der Waals surface area contributed by atoms with E-state index in [1.807, 2.05) is 30.3 Å². The maximum atomic E-state index is 12.1. The molecule has 3 rings (SSSR count). The largest absolute Gasteiger partial charge is 0.441 e. The maximum absolute atomic E-state index is 12.1. The van der Waals surface area contributed by atoms with E-state index < -0.39 is 0 Å². The van der Waals surface area contributed by atoms with Gasteiger partial charge in [-0.05, 0) is 32.7 Å². The summed E-state index contributed by atoms with van der Waals surface area (Å²) >= 11 is 0. The second-order valence-electron chi connectivity index (χ2n) is 6.48. The van der Waals surface area contributed by atoms with E-state index in [0.717, 1.165) is 37.1 Å². The van der Waals surface area contributed by atoms with E-state index in [4.69, 9.17) is 4.42 Å². The van der Waals surface area contributed by atoms with E-state index in [9.17, 15) is 4.79 Å². The van der Waals surface area contributed by atoms with Gasteiger partial charge in [0, 0.05) is 30.5 Å². The van der Waals surface area contributed by atoms with E-state index in [-0.39, 0.29) is 30.7 Å². The minimum absolute atomic E-state index is 0. The molecule has 2 atom stereocenters. The van der Waals surface area contributed by atoms with Gasteiger partial charge in [-0.3, -0.25) is 4.79 Å². The first kappa shape index (κ1) is 22.5. The summed E-state index contributed by atoms with van der Waals surface area (Å²) in [6, 6.07) is 10.7. The van der Waals surface area contributed by atoms with E-state index >= 15 is 0 Å². The quantitative estimate of drug-likeness (QED) is 0.775. The van der Waals surface area contributed by atoms with E-state index in [1.165, 1.54) is 0 Å². The standard InChI is InChI=1S/C19H25N3O2.2ClH/c1-14-12-16(10-11-20-14)22-18(23)8-5-9-19-21-13-17(24-19)15-6-3-2-4-7-15;;/h2-4,6-7,13-14,16,20H,5,8-12H2,1H3,(H,22,23);2*1H. The van der Waals surface area contributed by atoms with E-state index in [2.05, 4.69) is 22.5 Å². The van der Waals surface area contributed by atoms with Gasteiger partial charge in [-0.25, -0.2) is 4.98 Å². The number of halogens is 2. The molecule has 1 aromatic carbocycles. The molecule has 1 aromatic heterocycles. The van der Waals surface area contributed by atoms with Crippen molar-refractivity contribution in [3.8, 4) is 11.3 Å². The fourth-order valence-electron chi connectivity index (χ4n) is 3.12. The van der Waals surface area contributed by atoms with Crippen molar-refractivity contribution in [1.82, 2.24) is 15.6 Å². The molecule has 0 bridgehead atoms. The van der Waals surface area contributed by atoms with Gasteiger partial charge in [0.1, 0.15) is 0 Å². The summed E-state index contributed by atoms with van der Waals surface area (Å²) in [5.74, 6) is 1.60. The molecule has 1 amide bonds. The van der Waals surface area contributed by atoms with Gasteiger partial charge in [0.05, 0.1) is 6.20 Å². The molecular weight excluding hydrogens is 373 g/mol. The average Bonchev–Trinajstić information content (AvgIpc) is 3.04. The zero-order valence-electron chi connectivity index (χ0n) is 14.9. The van der Waals surface area contributed by atoms with Crippen LogP contribution >= 0.6 is 24.8 Å². The number of nitrogens with one attached hydrogen (secondary N) is 2. The lowest BCUT2D eigenvalue weighted by Crippen LogP contribution is -2.46. The predicted molar refractivity (Wildman–Crippen MR) is 108 cm³/mol. The number of amides is 1. The predicted octanol–water partition coefficient (Wildman–Crippen LogP) is 3.76. The number of aromatic nitrogens is 1. The Hall–Kier alpha value is -1.56. The molecule has 1 aliphatic rings. The summed E-state index contributed by atoms with van der Waals surface area (Å²) in [5.41, 5.74) is 1.02. The van der Waals surface area contributed by atoms with Crippen LogP contribution in [0.4, 0.5) is 0 Å². The number of carbonyl (C=O) groups is 1. The van der Waals surface area contributed by atoms with Crippen LogP contribution in [0.15, 0.2) is 40.9 Å². The molecule has 0 saturated carbocycles. The second kappa shape index (κ2) is 11.2. The number of carbonyl (C=O) groups excluding carboxylic acids is 1. The lowest BCUT2D eigenvalue weighted by molar-refractivity contribution is -0.122. The first-order valence-corrected chi connectivity index (χ1v) is 8.73. The molecule has 0 aliphatic carbocycles. The molecule has 2 heterocycles. The number of hydrogen-bond acceptors (Lipinski definition) is 4. The van der Waals surface area contributed by atoms with Crippen molar-refractivity contribution in [2.24, 2.45) is 0 Å². The minimum Gasteiger partial charge on any atom is -0.441 e. The van der Waals surface area contributed by atoms with Crippen molar-refractivity contribution in [3.05, 3.63) is 42.4 Å². The van der Waals surface area contributed by atoms with Crippen LogP contribution in [0.25, 0.3) is 11.3 Å². The highest BCUT2D eigenvalue weighted by molar-refractivity contribution is 5.85. The highest BCUT2D eigenvalue weighted by atomic mass is 35.5. The third-order valence-electron chi connectivity index (χ3n) is 4.40. The van der Waals surface area contributed by atoms with Crippen LogP contribution < -0.4 is 10.6 Å². The van der Waals surface area contributed by atoms with Crippen LogP contribution in [-0.4, -0.2) is 29.5 Å². The first-order valence-electron chi connectivity index (χ1n) is 8.73. The molecule has 26 heavy (non-hydrogen) atoms. The summed E-state index contributed by atoms with van der Waals surface area (Å²) < 4.78 is 5.76. The van der Waals surface area contributed by atoms with Crippen molar-refractivity contribution in [1.29, 1.82) is 0 Å². The summed E-state index contributed by atoms with van der Waals surface area (Å²) in [6.07, 6.45) is 5.72. The Kier molecular flexibility index (Phi) is 9.70. The lowest BCUT2D eigenvalue weighted by Gasteiger charge is -2.28. The zero-order chi connectivity index (χ0) is 16.8. The number of aryl methyl sites for hydroxylation is 1. The van der Waals surface area contributed by atoms with Gasteiger partial charge in [0.25, 0.3) is 0 Å². The summed E-state index contributed by atoms with van der Waals surface area (Å²) in [4.78, 5) is 16.4. The third-order valence-corrected chi connectivity index (χ3v) is 4.40. The van der Waals surface area contributed by atoms with Crippen molar-refractivity contribution in [3.63, 3.8) is 0 Å². The molecule has 2 aromatic rings. The number of oxazole rings is 1. The van der Waals surface area contributed by atoms with Gasteiger partial charge in [0.15, 0.2) is 11.7 Å². The topological polar surface area (TPSA) is 67.2 Å². The molecule has 7 heteroatoms. The molecule has 2 unspecified atom stereocenters. The van der Waals surface area contributed by atoms with E-state index in [1.54, 1.807) is 6.20 Å². The molecule has 1 aliphatic heterocycles. The van der Waals surface area contributed by atoms with Crippen molar-refractivity contribution in [2.75, 3.05) is 6.54 Å². The zero-order valence-corrected chi connectivity index (χ0v) is 16.6. The Morgan fingerprint density at radius 2 is 2.08 bits per heavy atom. The van der Waals surface area contributed by atoms with Crippen LogP contribution in [0.5, 0.6) is 0 Å². The van der Waals surface area contributed by atoms with Gasteiger partial charge >= 0.3 is 0 Å². The SMILES string of the molecule is CC1CC(NC(=O)CCCc2ncc(-c3ccccc3)o2)CCN1.Cl.Cl. The maximum Gasteiger partial charge on any atom is 0.220 e. The van der Waals surface area contributed by atoms with Crippen molar-refractivity contribution >= 4 is 30.7 Å². The van der Waals surface area contributed by atoms with Gasteiger partial charge in [-0.15, -0.1) is 24.8 Å². The van der Waals surface area contributed by atoms with Gasteiger partial charge in [-0.2, -0.15) is 0 Å². The average molecular weight is 400 g/mol. The molecule has 5 nitrogen and oxygen atoms in total. The lowest BCUT2D eigenvalue weighted by atomic mass is 10.0. The number of hydrogen-bond donors (Lipinski definition) is 2. The molecular formula is C19H27Cl2N3O2. The highest BCUT2D eigenvalue weighted by Gasteiger charge is 2.19. The number of piperidine rings is 1. The van der Waals surface area contributed by atoms with Crippen LogP contribution in [0.1, 0.15) is 38.5 Å². The molecule has 2 N–H and O–H groups in total. The monoisotopic (exact) mass is 399 g/mol. The minimum atomic E-state index is 0. The summed E-state index contributed by atoms with van der Waals surface area (Å²) in [6.45, 7) is 3.13. The molecule has 0 radical (unpaired) electrons. The third kappa shape index (κ3) is 6.63. The summed E-state index contributed by atoms with van der Waals surface area (Å²) in [5, 5.41) is 6.53. The van der Waals surface area contributed by atoms with Crippen molar-refractivity contribution in [2.45, 2.75) is 51.1 Å². The normalized spacial score (nSPS) is 19.1. The Morgan fingerprint density at radius 1 is 1.31 bits per heavy atom. The number of nitrogens with zero attached hydrogens (tertiary/aromatic N) is 1. The van der Waals surface area contributed by atoms with Crippen molar-refractivity contribution < 1.29 is 9.21 Å². The van der Waals surface area contributed by atoms with E-state index in [0.29, 0.717) is 30.8 Å². The molecule has 0 spiro atoms. The van der Waals surface area contributed by atoms with Gasteiger partial charge in [0.2, 0.25) is 5.91 Å². The van der Waals surface area contributed by atoms with Crippen LogP contribution in [0.3, 0.4) is 0 Å². The number of benzene rings is 1. The fourth-order valence-corrected chi connectivity index (χ4v) is 3.12. The smallest absolute Gasteiger partial charge is 0.220 e. The number of rotatable bonds is 6. The molecule has 144 valence electrons. The van der Waals surface area contributed by atoms with Crippen LogP contribution in [0, 0.1) is 0 Å². The molecule has 1 fully saturated rings. The van der Waals surface area contributed by atoms with Gasteiger partial charge in [-0.1, -0.05) is 30.3 Å². The second-order valence-corrected chi connectivity index (χ2v) is 6.48. The molecule has 1 saturated heterocycles. The Labute approximate surface area is 167 Å². The van der Waals surface area contributed by atoms with Gasteiger partial charge < -0.3 is 15.1 Å². The Morgan fingerprint density at radius 3 is 2.81 bits per heavy atom. The fraction of sp³-hybridized carbons (Fsp3) is 0.474. The Bertz CT molecular complexity index is 664. The summed E-state index contributed by atoms with van der Waals surface area (Å²) in [7, 11) is 0. The first-order chi connectivity index (χ1) is 11.7. The van der Waals surface area contributed by atoms with Crippen LogP contribution in [-0.2, 0) is 11.2 Å². The van der Waals surface area contributed by atoms with Crippen LogP contribution in [0.2, 0.25) is 0 Å². The highest BCUT2D eigenvalue weighted by Crippen LogP contribution is 2.20.